The molecule has 0 amide bonds. The molecule has 0 saturated carbocycles. The highest BCUT2D eigenvalue weighted by atomic mass is 32.2. The predicted molar refractivity (Wildman–Crippen MR) is 66.6 cm³/mol. The molecular weight excluding hydrogens is 252 g/mol. The third kappa shape index (κ3) is 2.93. The summed E-state index contributed by atoms with van der Waals surface area (Å²) >= 11 is 0. The smallest absolute Gasteiger partial charge is 0.178 e. The fraction of sp³-hybridized carbons (Fsp3) is 0.273. The molecule has 0 fully saturated rings. The molecule has 0 bridgehead atoms. The molecule has 2 N–H and O–H groups in total. The first-order valence-electron chi connectivity index (χ1n) is 5.35. The molecule has 0 aliphatic rings. The quantitative estimate of drug-likeness (QED) is 0.853. The SMILES string of the molecule is CS(=O)(=O)c1cnn(Cc2ccnc(CN)c2)c1. The Hall–Kier alpha value is -1.73. The highest BCUT2D eigenvalue weighted by molar-refractivity contribution is 7.90. The molecule has 0 unspecified atom stereocenters. The Balaban J connectivity index is 2.21. The Morgan fingerprint density at radius 3 is 2.83 bits per heavy atom. The largest absolute Gasteiger partial charge is 0.325 e. The van der Waals surface area contributed by atoms with Crippen molar-refractivity contribution in [3.8, 4) is 0 Å². The van der Waals surface area contributed by atoms with Crippen LogP contribution < -0.4 is 5.73 Å². The Kier molecular flexibility index (Phi) is 3.44. The second kappa shape index (κ2) is 4.87. The third-order valence-electron chi connectivity index (χ3n) is 2.47. The van der Waals surface area contributed by atoms with Gasteiger partial charge in [-0.1, -0.05) is 0 Å². The van der Waals surface area contributed by atoms with Crippen LogP contribution in [0.4, 0.5) is 0 Å². The molecule has 0 atom stereocenters. The van der Waals surface area contributed by atoms with E-state index in [1.807, 2.05) is 12.1 Å². The lowest BCUT2D eigenvalue weighted by atomic mass is 10.2. The summed E-state index contributed by atoms with van der Waals surface area (Å²) in [5, 5.41) is 4.02. The number of nitrogens with zero attached hydrogens (tertiary/aromatic N) is 3. The zero-order chi connectivity index (χ0) is 13.2. The molecule has 0 radical (unpaired) electrons. The number of hydrogen-bond acceptors (Lipinski definition) is 5. The highest BCUT2D eigenvalue weighted by Crippen LogP contribution is 2.09. The highest BCUT2D eigenvalue weighted by Gasteiger charge is 2.10. The van der Waals surface area contributed by atoms with E-state index >= 15 is 0 Å². The maximum atomic E-state index is 11.3. The lowest BCUT2D eigenvalue weighted by Crippen LogP contribution is -2.04. The summed E-state index contributed by atoms with van der Waals surface area (Å²) in [7, 11) is -3.20. The number of aromatic nitrogens is 3. The van der Waals surface area contributed by atoms with Crippen molar-refractivity contribution in [1.29, 1.82) is 0 Å². The van der Waals surface area contributed by atoms with Crippen LogP contribution in [0.2, 0.25) is 0 Å². The second-order valence-corrected chi connectivity index (χ2v) is 6.02. The summed E-state index contributed by atoms with van der Waals surface area (Å²) in [4.78, 5) is 4.31. The van der Waals surface area contributed by atoms with E-state index in [0.29, 0.717) is 13.1 Å². The van der Waals surface area contributed by atoms with Crippen molar-refractivity contribution in [2.24, 2.45) is 5.73 Å². The van der Waals surface area contributed by atoms with Crippen molar-refractivity contribution in [3.63, 3.8) is 0 Å². The van der Waals surface area contributed by atoms with Crippen molar-refractivity contribution in [1.82, 2.24) is 14.8 Å². The first kappa shape index (κ1) is 12.7. The maximum absolute atomic E-state index is 11.3. The Morgan fingerprint density at radius 1 is 1.44 bits per heavy atom. The van der Waals surface area contributed by atoms with E-state index in [1.165, 1.54) is 12.4 Å². The summed E-state index contributed by atoms with van der Waals surface area (Å²) in [5.41, 5.74) is 7.28. The zero-order valence-corrected chi connectivity index (χ0v) is 10.8. The number of pyridine rings is 1. The van der Waals surface area contributed by atoms with E-state index in [0.717, 1.165) is 17.5 Å². The third-order valence-corrected chi connectivity index (χ3v) is 3.54. The molecule has 18 heavy (non-hydrogen) atoms. The molecule has 0 saturated heterocycles. The Bertz CT molecular complexity index is 649. The molecule has 0 aromatic carbocycles. The number of sulfone groups is 1. The fourth-order valence-electron chi connectivity index (χ4n) is 1.55. The fourth-order valence-corrected chi connectivity index (χ4v) is 2.10. The molecule has 7 heteroatoms. The van der Waals surface area contributed by atoms with Gasteiger partial charge in [-0.25, -0.2) is 8.42 Å². The molecule has 2 aromatic rings. The van der Waals surface area contributed by atoms with Crippen molar-refractivity contribution < 1.29 is 8.42 Å². The Morgan fingerprint density at radius 2 is 2.22 bits per heavy atom. The van der Waals surface area contributed by atoms with Crippen LogP contribution in [-0.2, 0) is 22.9 Å². The van der Waals surface area contributed by atoms with E-state index in [9.17, 15) is 8.42 Å². The molecule has 6 nitrogen and oxygen atoms in total. The van der Waals surface area contributed by atoms with Gasteiger partial charge in [0.05, 0.1) is 18.4 Å². The first-order chi connectivity index (χ1) is 8.49. The summed E-state index contributed by atoms with van der Waals surface area (Å²) in [6, 6.07) is 3.72. The predicted octanol–water partition coefficient (Wildman–Crippen LogP) is 0.189. The van der Waals surface area contributed by atoms with Gasteiger partial charge in [0.1, 0.15) is 4.90 Å². The van der Waals surface area contributed by atoms with Gasteiger partial charge in [0.25, 0.3) is 0 Å². The molecule has 2 heterocycles. The normalized spacial score (nSPS) is 11.7. The molecule has 0 aliphatic heterocycles. The van der Waals surface area contributed by atoms with Crippen LogP contribution >= 0.6 is 0 Å². The van der Waals surface area contributed by atoms with E-state index in [4.69, 9.17) is 5.73 Å². The van der Waals surface area contributed by atoms with Gasteiger partial charge in [-0.2, -0.15) is 5.10 Å². The lowest BCUT2D eigenvalue weighted by molar-refractivity contribution is 0.601. The van der Waals surface area contributed by atoms with Crippen molar-refractivity contribution in [2.45, 2.75) is 18.0 Å². The van der Waals surface area contributed by atoms with Crippen LogP contribution in [0, 0.1) is 0 Å². The summed E-state index contributed by atoms with van der Waals surface area (Å²) in [6.45, 7) is 0.868. The standard InChI is InChI=1S/C11H14N4O2S/c1-18(16,17)11-6-14-15(8-11)7-9-2-3-13-10(4-9)5-12/h2-4,6,8H,5,7,12H2,1H3. The van der Waals surface area contributed by atoms with Gasteiger partial charge in [0, 0.05) is 25.2 Å². The summed E-state index contributed by atoms with van der Waals surface area (Å²) in [5.74, 6) is 0. The lowest BCUT2D eigenvalue weighted by Gasteiger charge is -2.03. The first-order valence-corrected chi connectivity index (χ1v) is 7.24. The van der Waals surface area contributed by atoms with Gasteiger partial charge in [-0.15, -0.1) is 0 Å². The van der Waals surface area contributed by atoms with E-state index < -0.39 is 9.84 Å². The summed E-state index contributed by atoms with van der Waals surface area (Å²) < 4.78 is 24.2. The molecule has 2 rings (SSSR count). The van der Waals surface area contributed by atoms with Gasteiger partial charge in [-0.05, 0) is 17.7 Å². The van der Waals surface area contributed by atoms with Gasteiger partial charge in [0.15, 0.2) is 9.84 Å². The van der Waals surface area contributed by atoms with Crippen LogP contribution in [0.1, 0.15) is 11.3 Å². The molecule has 0 spiro atoms. The van der Waals surface area contributed by atoms with Gasteiger partial charge in [-0.3, -0.25) is 9.67 Å². The zero-order valence-electron chi connectivity index (χ0n) is 9.94. The van der Waals surface area contributed by atoms with Crippen LogP contribution in [0.3, 0.4) is 0 Å². The van der Waals surface area contributed by atoms with Crippen LogP contribution in [0.5, 0.6) is 0 Å². The van der Waals surface area contributed by atoms with Crippen molar-refractivity contribution in [3.05, 3.63) is 42.0 Å². The monoisotopic (exact) mass is 266 g/mol. The molecule has 96 valence electrons. The summed E-state index contributed by atoms with van der Waals surface area (Å²) in [6.07, 6.45) is 5.70. The van der Waals surface area contributed by atoms with Crippen molar-refractivity contribution in [2.75, 3.05) is 6.26 Å². The molecule has 0 aliphatic carbocycles. The Labute approximate surface area is 105 Å². The minimum Gasteiger partial charge on any atom is -0.325 e. The molecular formula is C11H14N4O2S. The van der Waals surface area contributed by atoms with E-state index in [1.54, 1.807) is 10.9 Å². The van der Waals surface area contributed by atoms with Crippen LogP contribution in [0.15, 0.2) is 35.6 Å². The van der Waals surface area contributed by atoms with Crippen molar-refractivity contribution >= 4 is 9.84 Å². The number of rotatable bonds is 4. The minimum atomic E-state index is -3.20. The average Bonchev–Trinajstić information content (AvgIpc) is 2.77. The minimum absolute atomic E-state index is 0.218. The van der Waals surface area contributed by atoms with Crippen LogP contribution in [-0.4, -0.2) is 29.4 Å². The number of hydrogen-bond donors (Lipinski definition) is 1. The number of nitrogens with two attached hydrogens (primary N) is 1. The molecule has 2 aromatic heterocycles. The van der Waals surface area contributed by atoms with E-state index in [2.05, 4.69) is 10.1 Å². The topological polar surface area (TPSA) is 90.9 Å². The van der Waals surface area contributed by atoms with Gasteiger partial charge < -0.3 is 5.73 Å². The average molecular weight is 266 g/mol. The van der Waals surface area contributed by atoms with Gasteiger partial charge >= 0.3 is 0 Å². The van der Waals surface area contributed by atoms with Crippen LogP contribution in [0.25, 0.3) is 0 Å². The second-order valence-electron chi connectivity index (χ2n) is 4.01. The maximum Gasteiger partial charge on any atom is 0.178 e. The van der Waals surface area contributed by atoms with Gasteiger partial charge in [0.2, 0.25) is 0 Å². The van der Waals surface area contributed by atoms with E-state index in [-0.39, 0.29) is 4.90 Å².